The minimum absolute atomic E-state index is 0.118. The van der Waals surface area contributed by atoms with Crippen molar-refractivity contribution in [1.82, 2.24) is 14.2 Å². The van der Waals surface area contributed by atoms with Gasteiger partial charge in [0.2, 0.25) is 15.9 Å². The van der Waals surface area contributed by atoms with Gasteiger partial charge in [-0.15, -0.1) is 0 Å². The van der Waals surface area contributed by atoms with Crippen LogP contribution >= 0.6 is 0 Å². The number of benzene rings is 1. The summed E-state index contributed by atoms with van der Waals surface area (Å²) in [5, 5.41) is 2.70. The number of hydrogen-bond donors (Lipinski definition) is 1. The maximum atomic E-state index is 12.8. The van der Waals surface area contributed by atoms with Crippen LogP contribution in [0.2, 0.25) is 0 Å². The Morgan fingerprint density at radius 2 is 1.89 bits per heavy atom. The van der Waals surface area contributed by atoms with E-state index >= 15 is 0 Å². The van der Waals surface area contributed by atoms with Gasteiger partial charge < -0.3 is 15.0 Å². The summed E-state index contributed by atoms with van der Waals surface area (Å²) < 4.78 is 32.1. The van der Waals surface area contributed by atoms with E-state index in [1.54, 1.807) is 24.3 Å². The van der Waals surface area contributed by atoms with E-state index < -0.39 is 15.9 Å². The van der Waals surface area contributed by atoms with Crippen molar-refractivity contribution in [1.29, 1.82) is 0 Å². The molecule has 0 radical (unpaired) electrons. The highest BCUT2D eigenvalue weighted by molar-refractivity contribution is 7.89. The third-order valence-corrected chi connectivity index (χ3v) is 6.29. The van der Waals surface area contributed by atoms with Crippen LogP contribution in [-0.2, 0) is 10.0 Å². The molecule has 1 N–H and O–H groups in total. The number of carbonyl (C=O) groups excluding carboxylic acids is 1. The molecule has 1 aliphatic heterocycles. The predicted octanol–water partition coefficient (Wildman–Crippen LogP) is 1.28. The Morgan fingerprint density at radius 1 is 1.15 bits per heavy atom. The Hall–Kier alpha value is -2.49. The molecule has 1 saturated heterocycles. The van der Waals surface area contributed by atoms with Gasteiger partial charge in [0, 0.05) is 37.8 Å². The molecule has 3 rings (SSSR count). The molecule has 2 aromatic rings. The summed E-state index contributed by atoms with van der Waals surface area (Å²) in [6, 6.07) is 9.36. The SMILES string of the molecule is COc1ccc(NC(=O)c2cccc(S(=O)(=O)N3CCN(C)CC3)c2)cn1. The zero-order chi connectivity index (χ0) is 19.4. The summed E-state index contributed by atoms with van der Waals surface area (Å²) in [6.07, 6.45) is 1.47. The maximum Gasteiger partial charge on any atom is 0.255 e. The molecule has 0 aliphatic carbocycles. The minimum Gasteiger partial charge on any atom is -0.481 e. The van der Waals surface area contributed by atoms with Crippen LogP contribution in [-0.4, -0.2) is 68.9 Å². The fourth-order valence-electron chi connectivity index (χ4n) is 2.75. The Morgan fingerprint density at radius 3 is 2.52 bits per heavy atom. The summed E-state index contributed by atoms with van der Waals surface area (Å²) >= 11 is 0. The molecule has 1 amide bonds. The third kappa shape index (κ3) is 4.44. The standard InChI is InChI=1S/C18H22N4O4S/c1-21-8-10-22(11-9-21)27(24,25)16-5-3-4-14(12-16)18(23)20-15-6-7-17(26-2)19-13-15/h3-7,12-13H,8-11H2,1-2H3,(H,20,23). The van der Waals surface area contributed by atoms with Crippen LogP contribution in [0.25, 0.3) is 0 Å². The van der Waals surface area contributed by atoms with Crippen molar-refractivity contribution in [2.24, 2.45) is 0 Å². The van der Waals surface area contributed by atoms with Gasteiger partial charge in [-0.1, -0.05) is 6.07 Å². The molecule has 0 atom stereocenters. The van der Waals surface area contributed by atoms with Crippen molar-refractivity contribution in [3.05, 3.63) is 48.2 Å². The van der Waals surface area contributed by atoms with E-state index in [4.69, 9.17) is 4.74 Å². The number of nitrogens with zero attached hydrogens (tertiary/aromatic N) is 3. The smallest absolute Gasteiger partial charge is 0.255 e. The zero-order valence-corrected chi connectivity index (χ0v) is 16.1. The number of pyridine rings is 1. The molecule has 0 saturated carbocycles. The highest BCUT2D eigenvalue weighted by Gasteiger charge is 2.27. The number of anilines is 1. The van der Waals surface area contributed by atoms with Gasteiger partial charge in [-0.25, -0.2) is 13.4 Å². The van der Waals surface area contributed by atoms with Crippen LogP contribution in [0.1, 0.15) is 10.4 Å². The quantitative estimate of drug-likeness (QED) is 0.827. The van der Waals surface area contributed by atoms with Crippen molar-refractivity contribution < 1.29 is 17.9 Å². The van der Waals surface area contributed by atoms with E-state index in [0.717, 1.165) is 0 Å². The van der Waals surface area contributed by atoms with Crippen molar-refractivity contribution >= 4 is 21.6 Å². The van der Waals surface area contributed by atoms with E-state index in [0.29, 0.717) is 37.7 Å². The first-order chi connectivity index (χ1) is 12.9. The lowest BCUT2D eigenvalue weighted by Gasteiger charge is -2.31. The number of amides is 1. The van der Waals surface area contributed by atoms with Gasteiger partial charge in [0.05, 0.1) is 23.9 Å². The first kappa shape index (κ1) is 19.3. The Kier molecular flexibility index (Phi) is 5.73. The summed E-state index contributed by atoms with van der Waals surface area (Å²) in [5.74, 6) is 0.0330. The molecular formula is C18H22N4O4S. The maximum absolute atomic E-state index is 12.8. The largest absolute Gasteiger partial charge is 0.481 e. The lowest BCUT2D eigenvalue weighted by atomic mass is 10.2. The van der Waals surface area contributed by atoms with E-state index in [9.17, 15) is 13.2 Å². The van der Waals surface area contributed by atoms with Crippen molar-refractivity contribution in [2.75, 3.05) is 45.7 Å². The van der Waals surface area contributed by atoms with Gasteiger partial charge in [-0.05, 0) is 31.3 Å². The van der Waals surface area contributed by atoms with Crippen LogP contribution in [0.3, 0.4) is 0 Å². The highest BCUT2D eigenvalue weighted by atomic mass is 32.2. The van der Waals surface area contributed by atoms with Crippen molar-refractivity contribution in [3.8, 4) is 5.88 Å². The summed E-state index contributed by atoms with van der Waals surface area (Å²) in [4.78, 5) is 18.7. The average Bonchev–Trinajstić information content (AvgIpc) is 2.69. The van der Waals surface area contributed by atoms with Gasteiger partial charge >= 0.3 is 0 Å². The summed E-state index contributed by atoms with van der Waals surface area (Å²) in [7, 11) is -0.157. The Bertz CT molecular complexity index is 907. The number of likely N-dealkylation sites (N-methyl/N-ethyl adjacent to an activating group) is 1. The number of methoxy groups -OCH3 is 1. The van der Waals surface area contributed by atoms with Crippen LogP contribution in [0.15, 0.2) is 47.5 Å². The number of nitrogens with one attached hydrogen (secondary N) is 1. The molecule has 144 valence electrons. The lowest BCUT2D eigenvalue weighted by molar-refractivity contribution is 0.102. The van der Waals surface area contributed by atoms with Gasteiger partial charge in [0.15, 0.2) is 0 Å². The Balaban J connectivity index is 1.76. The zero-order valence-electron chi connectivity index (χ0n) is 15.3. The van der Waals surface area contributed by atoms with Gasteiger partial charge in [0.1, 0.15) is 0 Å². The molecule has 2 heterocycles. The second-order valence-electron chi connectivity index (χ2n) is 6.28. The molecule has 0 spiro atoms. The number of carbonyl (C=O) groups is 1. The van der Waals surface area contributed by atoms with Crippen LogP contribution in [0, 0.1) is 0 Å². The molecule has 1 aromatic carbocycles. The monoisotopic (exact) mass is 390 g/mol. The number of hydrogen-bond acceptors (Lipinski definition) is 6. The lowest BCUT2D eigenvalue weighted by Crippen LogP contribution is -2.47. The third-order valence-electron chi connectivity index (χ3n) is 4.40. The number of aromatic nitrogens is 1. The molecule has 0 unspecified atom stereocenters. The fraction of sp³-hybridized carbons (Fsp3) is 0.333. The minimum atomic E-state index is -3.63. The van der Waals surface area contributed by atoms with E-state index in [1.165, 1.54) is 29.7 Å². The molecule has 8 nitrogen and oxygen atoms in total. The average molecular weight is 390 g/mol. The second-order valence-corrected chi connectivity index (χ2v) is 8.22. The van der Waals surface area contributed by atoms with Crippen molar-refractivity contribution in [2.45, 2.75) is 4.90 Å². The van der Waals surface area contributed by atoms with Gasteiger partial charge in [-0.3, -0.25) is 4.79 Å². The van der Waals surface area contributed by atoms with E-state index in [2.05, 4.69) is 15.2 Å². The number of piperazine rings is 1. The van der Waals surface area contributed by atoms with Crippen LogP contribution in [0.5, 0.6) is 5.88 Å². The first-order valence-corrected chi connectivity index (χ1v) is 9.94. The number of rotatable bonds is 5. The van der Waals surface area contributed by atoms with Crippen molar-refractivity contribution in [3.63, 3.8) is 0 Å². The second kappa shape index (κ2) is 8.03. The summed E-state index contributed by atoms with van der Waals surface area (Å²) in [5.41, 5.74) is 0.758. The van der Waals surface area contributed by atoms with Crippen LogP contribution < -0.4 is 10.1 Å². The number of sulfonamides is 1. The normalized spacial score (nSPS) is 16.1. The van der Waals surface area contributed by atoms with Gasteiger partial charge in [-0.2, -0.15) is 4.31 Å². The molecule has 1 fully saturated rings. The first-order valence-electron chi connectivity index (χ1n) is 8.50. The molecule has 1 aliphatic rings. The van der Waals surface area contributed by atoms with Crippen LogP contribution in [0.4, 0.5) is 5.69 Å². The molecule has 0 bridgehead atoms. The fourth-order valence-corrected chi connectivity index (χ4v) is 4.22. The topological polar surface area (TPSA) is 91.8 Å². The van der Waals surface area contributed by atoms with Gasteiger partial charge in [0.25, 0.3) is 5.91 Å². The molecule has 27 heavy (non-hydrogen) atoms. The number of ether oxygens (including phenoxy) is 1. The highest BCUT2D eigenvalue weighted by Crippen LogP contribution is 2.19. The van der Waals surface area contributed by atoms with E-state index in [1.807, 2.05) is 7.05 Å². The predicted molar refractivity (Wildman–Crippen MR) is 101 cm³/mol. The van der Waals surface area contributed by atoms with E-state index in [-0.39, 0.29) is 10.5 Å². The molecule has 1 aromatic heterocycles. The Labute approximate surface area is 158 Å². The molecule has 9 heteroatoms. The summed E-state index contributed by atoms with van der Waals surface area (Å²) in [6.45, 7) is 2.24. The molecular weight excluding hydrogens is 368 g/mol.